The van der Waals surface area contributed by atoms with E-state index in [9.17, 15) is 45.6 Å². The van der Waals surface area contributed by atoms with Gasteiger partial charge in [-0.25, -0.2) is 0 Å². The Bertz CT molecular complexity index is 1790. The zero-order chi connectivity index (χ0) is 61.5. The van der Waals surface area contributed by atoms with Gasteiger partial charge in [-0.05, 0) is 70.1 Å². The molecule has 15 nitrogen and oxygen atoms in total. The molecule has 18 atom stereocenters. The summed E-state index contributed by atoms with van der Waals surface area (Å²) in [5, 5.41) is 88.4. The largest absolute Gasteiger partial charge is 0.393 e. The van der Waals surface area contributed by atoms with E-state index in [1.165, 1.54) is 155 Å². The van der Waals surface area contributed by atoms with Crippen LogP contribution in [-0.2, 0) is 33.2 Å². The van der Waals surface area contributed by atoms with Gasteiger partial charge in [0.2, 0.25) is 0 Å². The average molecular weight is 1210 g/mol. The van der Waals surface area contributed by atoms with E-state index < -0.39 is 90.9 Å². The minimum atomic E-state index is -1.32. The first kappa shape index (κ1) is 74.3. The fourth-order valence-electron chi connectivity index (χ4n) is 14.7. The molecule has 5 fully saturated rings. The smallest absolute Gasteiger partial charge is 0.171 e. The van der Waals surface area contributed by atoms with Crippen LogP contribution in [0, 0.1) is 5.92 Å². The van der Waals surface area contributed by atoms with E-state index in [2.05, 4.69) is 27.0 Å². The molecule has 2 spiro atoms. The standard InChI is InChI=1S/C70H126O15/c1-6-8-10-12-13-14-15-16-17-18-19-20-21-22-23-24-25-26-27-29-31-35-58-37-39-69(82-58)49-60(76)62(84-69)45-54(72)42-52(4)34-32-36-59-38-40-70(83-59)50-61(77)63(85-70)46-57(75)48-65-67(79)68(80-5)66(78)64(81-65)47-56(74)44-55(73)43-53(71)41-51(3)33-30-28-11-9-7-2/h6,52-54,56-68,71-72,74-79H,1,3,7-50H2,2,4-5H3/t52?,53?,54?,56?,57?,58-,59-,60-,61-,62+,63+,64+,65-,66+,67-,68-,69-,70-/m1/s1. The van der Waals surface area contributed by atoms with Crippen molar-refractivity contribution in [1.29, 1.82) is 0 Å². The molecule has 15 heteroatoms. The normalized spacial score (nSPS) is 31.3. The lowest BCUT2D eigenvalue weighted by atomic mass is 9.88. The molecule has 5 unspecified atom stereocenters. The predicted molar refractivity (Wildman–Crippen MR) is 335 cm³/mol. The molecule has 0 aromatic rings. The highest BCUT2D eigenvalue weighted by atomic mass is 16.7. The maximum absolute atomic E-state index is 12.8. The number of unbranched alkanes of at least 4 members (excludes halogenated alkanes) is 23. The van der Waals surface area contributed by atoms with Crippen LogP contribution in [0.15, 0.2) is 24.8 Å². The first-order valence-corrected chi connectivity index (χ1v) is 35.1. The Hall–Kier alpha value is -1.41. The third-order valence-electron chi connectivity index (χ3n) is 19.6. The number of hydrogen-bond donors (Lipinski definition) is 8. The molecule has 0 aliphatic carbocycles. The number of aliphatic hydroxyl groups excluding tert-OH is 8. The van der Waals surface area contributed by atoms with Crippen molar-refractivity contribution in [2.24, 2.45) is 5.92 Å². The summed E-state index contributed by atoms with van der Waals surface area (Å²) in [6.45, 7) is 12.2. The molecule has 0 aromatic carbocycles. The Morgan fingerprint density at radius 2 is 0.988 bits per heavy atom. The Morgan fingerprint density at radius 3 is 1.49 bits per heavy atom. The van der Waals surface area contributed by atoms with Crippen LogP contribution in [0.2, 0.25) is 0 Å². The highest BCUT2D eigenvalue weighted by Crippen LogP contribution is 2.46. The van der Waals surface area contributed by atoms with Crippen LogP contribution in [0.1, 0.15) is 296 Å². The molecular weight excluding hydrogens is 1080 g/mol. The summed E-state index contributed by atoms with van der Waals surface area (Å²) in [6, 6.07) is 0. The zero-order valence-corrected chi connectivity index (χ0v) is 53.8. The van der Waals surface area contributed by atoms with E-state index >= 15 is 0 Å². The average Bonchev–Trinajstić information content (AvgIpc) is 3.20. The number of ketones is 1. The van der Waals surface area contributed by atoms with Crippen molar-refractivity contribution in [3.63, 3.8) is 0 Å². The summed E-state index contributed by atoms with van der Waals surface area (Å²) in [5.74, 6) is -1.75. The van der Waals surface area contributed by atoms with Crippen molar-refractivity contribution >= 4 is 5.78 Å². The molecule has 5 aliphatic rings. The predicted octanol–water partition coefficient (Wildman–Crippen LogP) is 12.8. The van der Waals surface area contributed by atoms with Crippen molar-refractivity contribution in [2.45, 2.75) is 399 Å². The molecule has 0 saturated carbocycles. The van der Waals surface area contributed by atoms with Gasteiger partial charge in [0.25, 0.3) is 0 Å². The number of rotatable bonds is 49. The number of carbonyl (C=O) groups excluding carboxylic acids is 1. The maximum atomic E-state index is 12.8. The maximum Gasteiger partial charge on any atom is 0.171 e. The van der Waals surface area contributed by atoms with Gasteiger partial charge in [0.15, 0.2) is 11.6 Å². The van der Waals surface area contributed by atoms with E-state index in [1.807, 2.05) is 6.08 Å². The molecule has 0 radical (unpaired) electrons. The van der Waals surface area contributed by atoms with Crippen LogP contribution in [-0.4, -0.2) is 157 Å². The van der Waals surface area contributed by atoms with Crippen molar-refractivity contribution in [3.8, 4) is 0 Å². The molecule has 8 N–H and O–H groups in total. The van der Waals surface area contributed by atoms with Gasteiger partial charge in [-0.2, -0.15) is 0 Å². The van der Waals surface area contributed by atoms with Crippen LogP contribution in [0.5, 0.6) is 0 Å². The van der Waals surface area contributed by atoms with Crippen molar-refractivity contribution < 1.29 is 74.1 Å². The van der Waals surface area contributed by atoms with E-state index in [0.29, 0.717) is 32.1 Å². The topological polar surface area (TPSA) is 234 Å². The van der Waals surface area contributed by atoms with Gasteiger partial charge < -0.3 is 69.3 Å². The summed E-state index contributed by atoms with van der Waals surface area (Å²) < 4.78 is 37.4. The second-order valence-corrected chi connectivity index (χ2v) is 27.6. The third-order valence-corrected chi connectivity index (χ3v) is 19.6. The van der Waals surface area contributed by atoms with E-state index in [4.69, 9.17) is 28.4 Å². The SMILES string of the molecule is C=CCCCCCCCCCCCCCCCCCCCCC[C@@H]1CC[C@@]2(C[C@@H](O)[C@H](CC(O)CC(C)CCC[C@@H]3CC[C@@]4(C[C@@H](O)[C@H](CC(O)C[C@H]5O[C@@H](CC(O)CC(=O)CC(O)CC(=C)CCCCCCC)[C@H](O)[C@@H](OC)[C@@H]5O)O4)O3)O2)O1. The first-order valence-electron chi connectivity index (χ1n) is 35.1. The molecular formula is C70H126O15. The lowest BCUT2D eigenvalue weighted by molar-refractivity contribution is -0.241. The van der Waals surface area contributed by atoms with Crippen molar-refractivity contribution in [1.82, 2.24) is 0 Å². The number of aliphatic hydroxyl groups is 8. The fourth-order valence-corrected chi connectivity index (χ4v) is 14.7. The van der Waals surface area contributed by atoms with Gasteiger partial charge in [-0.1, -0.05) is 186 Å². The summed E-state index contributed by atoms with van der Waals surface area (Å²) in [4.78, 5) is 12.8. The summed E-state index contributed by atoms with van der Waals surface area (Å²) in [6.07, 6.45) is 31.8. The van der Waals surface area contributed by atoms with Crippen LogP contribution >= 0.6 is 0 Å². The third kappa shape index (κ3) is 27.9. The number of ether oxygens (including phenoxy) is 6. The van der Waals surface area contributed by atoms with Crippen LogP contribution in [0.4, 0.5) is 0 Å². The van der Waals surface area contributed by atoms with Gasteiger partial charge in [0.05, 0.1) is 73.2 Å². The number of carbonyl (C=O) groups is 1. The number of hydrogen-bond acceptors (Lipinski definition) is 15. The fraction of sp³-hybridized carbons (Fsp3) is 0.929. The number of allylic oxidation sites excluding steroid dienone is 1. The van der Waals surface area contributed by atoms with Crippen LogP contribution in [0.3, 0.4) is 0 Å². The van der Waals surface area contributed by atoms with Crippen LogP contribution in [0.25, 0.3) is 0 Å². The molecule has 5 saturated heterocycles. The number of methoxy groups -OCH3 is 1. The molecule has 85 heavy (non-hydrogen) atoms. The van der Waals surface area contributed by atoms with E-state index in [1.54, 1.807) is 0 Å². The summed E-state index contributed by atoms with van der Waals surface area (Å²) >= 11 is 0. The molecule has 5 heterocycles. The van der Waals surface area contributed by atoms with Gasteiger partial charge >= 0.3 is 0 Å². The summed E-state index contributed by atoms with van der Waals surface area (Å²) in [5.41, 5.74) is 0.902. The highest BCUT2D eigenvalue weighted by Gasteiger charge is 2.53. The Labute approximate surface area is 515 Å². The Balaban J connectivity index is 0.884. The lowest BCUT2D eigenvalue weighted by Gasteiger charge is -2.43. The molecule has 5 rings (SSSR count). The zero-order valence-electron chi connectivity index (χ0n) is 53.8. The van der Waals surface area contributed by atoms with Gasteiger partial charge in [0.1, 0.15) is 24.1 Å². The summed E-state index contributed by atoms with van der Waals surface area (Å²) in [7, 11) is 1.35. The minimum absolute atomic E-state index is 0.0508. The van der Waals surface area contributed by atoms with Crippen molar-refractivity contribution in [2.75, 3.05) is 7.11 Å². The second-order valence-electron chi connectivity index (χ2n) is 27.6. The monoisotopic (exact) mass is 1210 g/mol. The van der Waals surface area contributed by atoms with Gasteiger partial charge in [-0.15, -0.1) is 6.58 Å². The molecule has 0 bridgehead atoms. The van der Waals surface area contributed by atoms with Crippen LogP contribution < -0.4 is 0 Å². The van der Waals surface area contributed by atoms with Gasteiger partial charge in [-0.3, -0.25) is 4.79 Å². The highest BCUT2D eigenvalue weighted by molar-refractivity contribution is 5.79. The lowest BCUT2D eigenvalue weighted by Crippen LogP contribution is -2.59. The molecule has 496 valence electrons. The Morgan fingerprint density at radius 1 is 0.553 bits per heavy atom. The Kier molecular flexibility index (Phi) is 36.0. The first-order chi connectivity index (χ1) is 41.0. The molecule has 5 aliphatic heterocycles. The number of Topliss-reactive ketones (excluding diaryl/α,β-unsaturated/α-hetero) is 1. The van der Waals surface area contributed by atoms with E-state index in [0.717, 1.165) is 69.8 Å². The molecule has 0 aromatic heterocycles. The minimum Gasteiger partial charge on any atom is -0.393 e. The van der Waals surface area contributed by atoms with Crippen molar-refractivity contribution in [3.05, 3.63) is 24.8 Å². The molecule has 0 amide bonds. The second kappa shape index (κ2) is 41.1. The quantitative estimate of drug-likeness (QED) is 0.0209. The van der Waals surface area contributed by atoms with Gasteiger partial charge in [0, 0.05) is 71.3 Å². The van der Waals surface area contributed by atoms with E-state index in [-0.39, 0.29) is 62.4 Å².